The molecule has 1 aromatic rings. The molecule has 16 heavy (non-hydrogen) atoms. The Balaban J connectivity index is 2.48. The van der Waals surface area contributed by atoms with E-state index in [0.29, 0.717) is 17.9 Å². The summed E-state index contributed by atoms with van der Waals surface area (Å²) < 4.78 is 13.9. The third-order valence-electron chi connectivity index (χ3n) is 3.57. The molecule has 2 rings (SSSR count). The van der Waals surface area contributed by atoms with Crippen LogP contribution in [0.15, 0.2) is 18.2 Å². The van der Waals surface area contributed by atoms with Crippen LogP contribution in [0.5, 0.6) is 0 Å². The summed E-state index contributed by atoms with van der Waals surface area (Å²) in [7, 11) is 0. The third-order valence-corrected chi connectivity index (χ3v) is 3.57. The zero-order chi connectivity index (χ0) is 11.7. The molecule has 1 aliphatic heterocycles. The van der Waals surface area contributed by atoms with E-state index in [1.54, 1.807) is 6.07 Å². The van der Waals surface area contributed by atoms with Gasteiger partial charge in [-0.15, -0.1) is 0 Å². The van der Waals surface area contributed by atoms with Crippen LogP contribution in [0, 0.1) is 11.7 Å². The van der Waals surface area contributed by atoms with Crippen molar-refractivity contribution in [1.29, 1.82) is 0 Å². The summed E-state index contributed by atoms with van der Waals surface area (Å²) in [6.07, 6.45) is 0.992. The van der Waals surface area contributed by atoms with E-state index in [1.807, 2.05) is 6.07 Å². The third kappa shape index (κ3) is 1.86. The zero-order valence-electron chi connectivity index (χ0n) is 10.3. The average Bonchev–Trinajstić information content (AvgIpc) is 2.27. The standard InChI is InChI=1S/C14H20FN/c1-4-10-8-16-14(9(2)3)11-6-5-7-12(15)13(10)11/h5-7,9-10,14,16H,4,8H2,1-3H3. The number of hydrogen-bond donors (Lipinski definition) is 1. The van der Waals surface area contributed by atoms with Crippen LogP contribution >= 0.6 is 0 Å². The van der Waals surface area contributed by atoms with Crippen LogP contribution in [0.3, 0.4) is 0 Å². The van der Waals surface area contributed by atoms with Crippen LogP contribution in [0.4, 0.5) is 4.39 Å². The molecule has 1 heterocycles. The van der Waals surface area contributed by atoms with Gasteiger partial charge < -0.3 is 5.32 Å². The highest BCUT2D eigenvalue weighted by molar-refractivity contribution is 5.37. The molecule has 1 aromatic carbocycles. The van der Waals surface area contributed by atoms with Crippen LogP contribution in [0.25, 0.3) is 0 Å². The molecule has 2 heteroatoms. The van der Waals surface area contributed by atoms with Crippen LogP contribution in [-0.2, 0) is 0 Å². The molecule has 0 aromatic heterocycles. The monoisotopic (exact) mass is 221 g/mol. The molecule has 0 spiro atoms. The molecule has 0 saturated heterocycles. The van der Waals surface area contributed by atoms with Gasteiger partial charge in [0.05, 0.1) is 0 Å². The summed E-state index contributed by atoms with van der Waals surface area (Å²) in [4.78, 5) is 0. The first-order chi connectivity index (χ1) is 7.65. The van der Waals surface area contributed by atoms with Gasteiger partial charge in [0.2, 0.25) is 0 Å². The van der Waals surface area contributed by atoms with Crippen molar-refractivity contribution in [3.63, 3.8) is 0 Å². The van der Waals surface area contributed by atoms with Gasteiger partial charge in [-0.1, -0.05) is 32.9 Å². The lowest BCUT2D eigenvalue weighted by molar-refractivity contribution is 0.359. The van der Waals surface area contributed by atoms with Crippen molar-refractivity contribution < 1.29 is 4.39 Å². The molecule has 1 aliphatic rings. The smallest absolute Gasteiger partial charge is 0.127 e. The molecule has 0 radical (unpaired) electrons. The molecular weight excluding hydrogens is 201 g/mol. The lowest BCUT2D eigenvalue weighted by Crippen LogP contribution is -2.36. The lowest BCUT2D eigenvalue weighted by Gasteiger charge is -2.34. The Hall–Kier alpha value is -0.890. The van der Waals surface area contributed by atoms with Gasteiger partial charge in [-0.3, -0.25) is 0 Å². The van der Waals surface area contributed by atoms with E-state index < -0.39 is 0 Å². The van der Waals surface area contributed by atoms with E-state index in [2.05, 4.69) is 32.2 Å². The van der Waals surface area contributed by atoms with Gasteiger partial charge in [0, 0.05) is 12.6 Å². The van der Waals surface area contributed by atoms with Crippen molar-refractivity contribution in [2.24, 2.45) is 5.92 Å². The maximum Gasteiger partial charge on any atom is 0.127 e. The zero-order valence-corrected chi connectivity index (χ0v) is 10.3. The highest BCUT2D eigenvalue weighted by Crippen LogP contribution is 2.36. The molecule has 0 fully saturated rings. The topological polar surface area (TPSA) is 12.0 Å². The molecule has 0 amide bonds. The van der Waals surface area contributed by atoms with Gasteiger partial charge in [0.15, 0.2) is 0 Å². The highest BCUT2D eigenvalue weighted by atomic mass is 19.1. The molecule has 1 nitrogen and oxygen atoms in total. The second kappa shape index (κ2) is 4.54. The van der Waals surface area contributed by atoms with Crippen LogP contribution in [-0.4, -0.2) is 6.54 Å². The first-order valence-corrected chi connectivity index (χ1v) is 6.16. The molecule has 0 saturated carbocycles. The van der Waals surface area contributed by atoms with Crippen LogP contribution in [0.1, 0.15) is 50.3 Å². The predicted molar refractivity (Wildman–Crippen MR) is 65.0 cm³/mol. The fourth-order valence-electron chi connectivity index (χ4n) is 2.68. The molecule has 0 aliphatic carbocycles. The summed E-state index contributed by atoms with van der Waals surface area (Å²) in [5, 5.41) is 3.54. The second-order valence-corrected chi connectivity index (χ2v) is 4.98. The van der Waals surface area contributed by atoms with Crippen LogP contribution in [0.2, 0.25) is 0 Å². The van der Waals surface area contributed by atoms with Crippen molar-refractivity contribution >= 4 is 0 Å². The predicted octanol–water partition coefficient (Wildman–Crippen LogP) is 3.62. The van der Waals surface area contributed by atoms with Crippen molar-refractivity contribution in [2.45, 2.75) is 39.2 Å². The number of nitrogens with one attached hydrogen (secondary N) is 1. The first-order valence-electron chi connectivity index (χ1n) is 6.16. The normalized spacial score (nSPS) is 24.6. The van der Waals surface area contributed by atoms with Crippen LogP contribution < -0.4 is 5.32 Å². The van der Waals surface area contributed by atoms with Gasteiger partial charge in [-0.05, 0) is 35.4 Å². The van der Waals surface area contributed by atoms with Crippen molar-refractivity contribution in [1.82, 2.24) is 5.32 Å². The minimum absolute atomic E-state index is 0.0310. The van der Waals surface area contributed by atoms with E-state index in [9.17, 15) is 4.39 Å². The summed E-state index contributed by atoms with van der Waals surface area (Å²) in [6, 6.07) is 5.78. The highest BCUT2D eigenvalue weighted by Gasteiger charge is 2.29. The summed E-state index contributed by atoms with van der Waals surface area (Å²) in [6.45, 7) is 7.38. The van der Waals surface area contributed by atoms with Crippen molar-refractivity contribution in [2.75, 3.05) is 6.54 Å². The lowest BCUT2D eigenvalue weighted by atomic mass is 9.81. The largest absolute Gasteiger partial charge is 0.309 e. The number of fused-ring (bicyclic) bond motifs is 1. The summed E-state index contributed by atoms with van der Waals surface area (Å²) >= 11 is 0. The Labute approximate surface area is 97.1 Å². The van der Waals surface area contributed by atoms with Crippen molar-refractivity contribution in [3.8, 4) is 0 Å². The first kappa shape index (κ1) is 11.6. The minimum Gasteiger partial charge on any atom is -0.309 e. The summed E-state index contributed by atoms with van der Waals surface area (Å²) in [5.74, 6) is 0.793. The van der Waals surface area contributed by atoms with Gasteiger partial charge in [0.1, 0.15) is 5.82 Å². The minimum atomic E-state index is -0.0310. The van der Waals surface area contributed by atoms with E-state index in [-0.39, 0.29) is 5.82 Å². The Morgan fingerprint density at radius 2 is 2.19 bits per heavy atom. The van der Waals surface area contributed by atoms with Gasteiger partial charge >= 0.3 is 0 Å². The van der Waals surface area contributed by atoms with E-state index in [0.717, 1.165) is 24.1 Å². The number of halogens is 1. The Morgan fingerprint density at radius 1 is 1.44 bits per heavy atom. The van der Waals surface area contributed by atoms with Gasteiger partial charge in [0.25, 0.3) is 0 Å². The molecule has 2 atom stereocenters. The fraction of sp³-hybridized carbons (Fsp3) is 0.571. The fourth-order valence-corrected chi connectivity index (χ4v) is 2.68. The average molecular weight is 221 g/mol. The molecule has 1 N–H and O–H groups in total. The maximum absolute atomic E-state index is 13.9. The number of benzene rings is 1. The Bertz CT molecular complexity index is 373. The van der Waals surface area contributed by atoms with E-state index in [1.165, 1.54) is 0 Å². The SMILES string of the molecule is CCC1CNC(C(C)C)c2cccc(F)c21. The van der Waals surface area contributed by atoms with E-state index in [4.69, 9.17) is 0 Å². The van der Waals surface area contributed by atoms with E-state index >= 15 is 0 Å². The molecular formula is C14H20FN. The van der Waals surface area contributed by atoms with Crippen molar-refractivity contribution in [3.05, 3.63) is 35.1 Å². The quantitative estimate of drug-likeness (QED) is 0.804. The Kier molecular flexibility index (Phi) is 3.29. The second-order valence-electron chi connectivity index (χ2n) is 4.98. The van der Waals surface area contributed by atoms with Gasteiger partial charge in [-0.2, -0.15) is 0 Å². The van der Waals surface area contributed by atoms with Gasteiger partial charge in [-0.25, -0.2) is 4.39 Å². The Morgan fingerprint density at radius 3 is 2.81 bits per heavy atom. The summed E-state index contributed by atoms with van der Waals surface area (Å²) in [5.41, 5.74) is 2.11. The number of hydrogen-bond acceptors (Lipinski definition) is 1. The molecule has 0 bridgehead atoms. The molecule has 88 valence electrons. The molecule has 2 unspecified atom stereocenters. The maximum atomic E-state index is 13.9. The number of rotatable bonds is 2.